The standard InChI is InChI=1S/C27H24N4O5/c32-13-11-28-24(33)18-14-19(25(34)30-12-5-7-17-6-1-4-10-23(17)30)16-20(15-18)31-26(35)21-8-2-3-9-22(21)29-27(31)36/h1-4,6,8-10,14-16,32H,5,7,11-13H2,(H,28,33)(H,29,36). The van der Waals surface area contributed by atoms with Crippen LogP contribution in [0.5, 0.6) is 0 Å². The highest BCUT2D eigenvalue weighted by Crippen LogP contribution is 2.28. The normalized spacial score (nSPS) is 12.9. The number of para-hydroxylation sites is 2. The molecule has 1 aromatic heterocycles. The van der Waals surface area contributed by atoms with Crippen LogP contribution in [0.25, 0.3) is 16.6 Å². The zero-order chi connectivity index (χ0) is 25.2. The number of carbonyl (C=O) groups excluding carboxylic acids is 2. The van der Waals surface area contributed by atoms with Crippen molar-refractivity contribution in [3.63, 3.8) is 0 Å². The molecule has 1 aliphatic heterocycles. The largest absolute Gasteiger partial charge is 0.395 e. The molecule has 9 nitrogen and oxygen atoms in total. The van der Waals surface area contributed by atoms with Crippen LogP contribution in [0.2, 0.25) is 0 Å². The van der Waals surface area contributed by atoms with E-state index >= 15 is 0 Å². The van der Waals surface area contributed by atoms with E-state index < -0.39 is 17.2 Å². The van der Waals surface area contributed by atoms with Gasteiger partial charge >= 0.3 is 5.69 Å². The van der Waals surface area contributed by atoms with Crippen LogP contribution in [0, 0.1) is 0 Å². The molecule has 36 heavy (non-hydrogen) atoms. The smallest absolute Gasteiger partial charge is 0.333 e. The van der Waals surface area contributed by atoms with E-state index in [0.29, 0.717) is 17.4 Å². The van der Waals surface area contributed by atoms with E-state index in [9.17, 15) is 19.2 Å². The van der Waals surface area contributed by atoms with Gasteiger partial charge < -0.3 is 20.3 Å². The molecule has 0 fully saturated rings. The summed E-state index contributed by atoms with van der Waals surface area (Å²) in [7, 11) is 0. The average Bonchev–Trinajstić information content (AvgIpc) is 2.90. The Hall–Kier alpha value is -4.50. The fourth-order valence-corrected chi connectivity index (χ4v) is 4.56. The number of aliphatic hydroxyl groups excluding tert-OH is 1. The number of carbonyl (C=O) groups is 2. The van der Waals surface area contributed by atoms with Crippen LogP contribution in [0.1, 0.15) is 32.7 Å². The number of benzene rings is 3. The first kappa shape index (κ1) is 23.3. The number of aromatic amines is 1. The third-order valence-electron chi connectivity index (χ3n) is 6.24. The molecule has 0 radical (unpaired) electrons. The van der Waals surface area contributed by atoms with Gasteiger partial charge in [0.15, 0.2) is 0 Å². The Morgan fingerprint density at radius 2 is 1.72 bits per heavy atom. The van der Waals surface area contributed by atoms with Crippen LogP contribution >= 0.6 is 0 Å². The van der Waals surface area contributed by atoms with E-state index in [2.05, 4.69) is 10.3 Å². The minimum Gasteiger partial charge on any atom is -0.395 e. The van der Waals surface area contributed by atoms with E-state index in [1.807, 2.05) is 24.3 Å². The lowest BCUT2D eigenvalue weighted by molar-refractivity contribution is 0.0944. The lowest BCUT2D eigenvalue weighted by Gasteiger charge is -2.29. The lowest BCUT2D eigenvalue weighted by atomic mass is 10.00. The van der Waals surface area contributed by atoms with E-state index in [1.54, 1.807) is 29.2 Å². The van der Waals surface area contributed by atoms with Crippen LogP contribution in [-0.4, -0.2) is 46.2 Å². The Morgan fingerprint density at radius 1 is 0.972 bits per heavy atom. The van der Waals surface area contributed by atoms with Crippen molar-refractivity contribution in [2.24, 2.45) is 0 Å². The first-order valence-corrected chi connectivity index (χ1v) is 11.7. The summed E-state index contributed by atoms with van der Waals surface area (Å²) >= 11 is 0. The number of nitrogens with zero attached hydrogens (tertiary/aromatic N) is 2. The number of H-pyrrole nitrogens is 1. The van der Waals surface area contributed by atoms with Gasteiger partial charge in [0.25, 0.3) is 17.4 Å². The van der Waals surface area contributed by atoms with Gasteiger partial charge in [0.05, 0.1) is 23.2 Å². The van der Waals surface area contributed by atoms with Gasteiger partial charge in [-0.2, -0.15) is 0 Å². The highest BCUT2D eigenvalue weighted by molar-refractivity contribution is 6.08. The highest BCUT2D eigenvalue weighted by atomic mass is 16.3. The second-order valence-electron chi connectivity index (χ2n) is 8.55. The number of amides is 2. The van der Waals surface area contributed by atoms with E-state index in [0.717, 1.165) is 28.7 Å². The zero-order valence-corrected chi connectivity index (χ0v) is 19.4. The summed E-state index contributed by atoms with van der Waals surface area (Å²) in [6.07, 6.45) is 1.65. The van der Waals surface area contributed by atoms with Gasteiger partial charge in [0.1, 0.15) is 0 Å². The summed E-state index contributed by atoms with van der Waals surface area (Å²) in [4.78, 5) is 57.0. The first-order chi connectivity index (χ1) is 17.5. The third-order valence-corrected chi connectivity index (χ3v) is 6.24. The molecule has 3 aromatic carbocycles. The molecule has 0 bridgehead atoms. The summed E-state index contributed by atoms with van der Waals surface area (Å²) in [6, 6.07) is 18.6. The van der Waals surface area contributed by atoms with Crippen LogP contribution < -0.4 is 21.5 Å². The Labute approximate surface area is 205 Å². The predicted molar refractivity (Wildman–Crippen MR) is 136 cm³/mol. The van der Waals surface area contributed by atoms with Crippen molar-refractivity contribution in [1.82, 2.24) is 14.9 Å². The van der Waals surface area contributed by atoms with Crippen molar-refractivity contribution in [2.45, 2.75) is 12.8 Å². The molecule has 0 saturated carbocycles. The fraction of sp³-hybridized carbons (Fsp3) is 0.185. The zero-order valence-electron chi connectivity index (χ0n) is 19.4. The number of aryl methyl sites for hydroxylation is 1. The molecule has 0 spiro atoms. The molecule has 4 aromatic rings. The number of rotatable bonds is 5. The number of fused-ring (bicyclic) bond motifs is 2. The van der Waals surface area contributed by atoms with Crippen molar-refractivity contribution in [1.29, 1.82) is 0 Å². The molecule has 0 saturated heterocycles. The predicted octanol–water partition coefficient (Wildman–Crippen LogP) is 1.99. The quantitative estimate of drug-likeness (QED) is 0.400. The molecule has 0 atom stereocenters. The Kier molecular flexibility index (Phi) is 6.22. The minimum atomic E-state index is -0.687. The topological polar surface area (TPSA) is 124 Å². The molecule has 0 unspecified atom stereocenters. The van der Waals surface area contributed by atoms with Crippen molar-refractivity contribution < 1.29 is 14.7 Å². The van der Waals surface area contributed by atoms with Crippen molar-refractivity contribution >= 4 is 28.4 Å². The van der Waals surface area contributed by atoms with E-state index in [-0.39, 0.29) is 35.9 Å². The molecule has 1 aliphatic rings. The van der Waals surface area contributed by atoms with E-state index in [1.165, 1.54) is 18.2 Å². The van der Waals surface area contributed by atoms with Gasteiger partial charge in [-0.05, 0) is 54.8 Å². The molecule has 5 rings (SSSR count). The molecule has 2 heterocycles. The molecule has 9 heteroatoms. The number of anilines is 1. The monoisotopic (exact) mass is 484 g/mol. The molecular weight excluding hydrogens is 460 g/mol. The maximum absolute atomic E-state index is 13.7. The second kappa shape index (κ2) is 9.63. The number of hydrogen-bond acceptors (Lipinski definition) is 5. The van der Waals surface area contributed by atoms with Gasteiger partial charge in [-0.25, -0.2) is 9.36 Å². The Balaban J connectivity index is 1.67. The number of hydrogen-bond donors (Lipinski definition) is 3. The highest BCUT2D eigenvalue weighted by Gasteiger charge is 2.25. The van der Waals surface area contributed by atoms with Gasteiger partial charge in [-0.3, -0.25) is 14.4 Å². The van der Waals surface area contributed by atoms with Crippen LogP contribution in [-0.2, 0) is 6.42 Å². The Bertz CT molecular complexity index is 1600. The van der Waals surface area contributed by atoms with Gasteiger partial charge in [0.2, 0.25) is 0 Å². The van der Waals surface area contributed by atoms with Crippen molar-refractivity contribution in [3.8, 4) is 5.69 Å². The number of aliphatic hydroxyl groups is 1. The number of aromatic nitrogens is 2. The maximum Gasteiger partial charge on any atom is 0.333 e. The molecule has 2 amide bonds. The molecule has 182 valence electrons. The maximum atomic E-state index is 13.7. The molecular formula is C27H24N4O5. The fourth-order valence-electron chi connectivity index (χ4n) is 4.56. The van der Waals surface area contributed by atoms with Gasteiger partial charge in [-0.15, -0.1) is 0 Å². The SMILES string of the molecule is O=C(NCCO)c1cc(C(=O)N2CCCc3ccccc32)cc(-n2c(=O)[nH]c3ccccc3c2=O)c1. The summed E-state index contributed by atoms with van der Waals surface area (Å²) in [5, 5.41) is 12.0. The van der Waals surface area contributed by atoms with E-state index in [4.69, 9.17) is 5.11 Å². The summed E-state index contributed by atoms with van der Waals surface area (Å²) < 4.78 is 0.923. The Morgan fingerprint density at radius 3 is 2.56 bits per heavy atom. The summed E-state index contributed by atoms with van der Waals surface area (Å²) in [5.74, 6) is -0.880. The molecule has 3 N–H and O–H groups in total. The van der Waals surface area contributed by atoms with Crippen molar-refractivity contribution in [3.05, 3.63) is 104 Å². The van der Waals surface area contributed by atoms with Gasteiger partial charge in [-0.1, -0.05) is 30.3 Å². The average molecular weight is 485 g/mol. The van der Waals surface area contributed by atoms with Gasteiger partial charge in [0, 0.05) is 29.9 Å². The number of nitrogens with one attached hydrogen (secondary N) is 2. The summed E-state index contributed by atoms with van der Waals surface area (Å²) in [6.45, 7) is 0.260. The second-order valence-corrected chi connectivity index (χ2v) is 8.55. The minimum absolute atomic E-state index is 0.0162. The van der Waals surface area contributed by atoms with Crippen molar-refractivity contribution in [2.75, 3.05) is 24.6 Å². The summed E-state index contributed by atoms with van der Waals surface area (Å²) in [5.41, 5.74) is 1.34. The van der Waals surface area contributed by atoms with Crippen LogP contribution in [0.4, 0.5) is 5.69 Å². The first-order valence-electron chi connectivity index (χ1n) is 11.7. The third kappa shape index (κ3) is 4.20. The lowest BCUT2D eigenvalue weighted by Crippen LogP contribution is -2.37. The van der Waals surface area contributed by atoms with Crippen LogP contribution in [0.15, 0.2) is 76.3 Å². The molecule has 0 aliphatic carbocycles. The van der Waals surface area contributed by atoms with Crippen LogP contribution in [0.3, 0.4) is 0 Å².